The zero-order chi connectivity index (χ0) is 13.0. The molecule has 2 radical (unpaired) electrons. The molecular formula is C10H26B3N3Si. The van der Waals surface area contributed by atoms with Crippen molar-refractivity contribution in [1.29, 1.82) is 0 Å². The number of hydrogen-bond donors (Lipinski definition) is 0. The predicted molar refractivity (Wildman–Crippen MR) is 82.3 cm³/mol. The first-order valence-electron chi connectivity index (χ1n) is 7.13. The number of rotatable bonds is 5. The minimum Gasteiger partial charge on any atom is -0.382 e. The molecule has 0 saturated carbocycles. The lowest BCUT2D eigenvalue weighted by Crippen LogP contribution is -2.76. The van der Waals surface area contributed by atoms with Crippen LogP contribution in [0.2, 0.25) is 26.0 Å². The van der Waals surface area contributed by atoms with Gasteiger partial charge in [0.05, 0.1) is 0 Å². The molecule has 0 unspecified atom stereocenters. The highest BCUT2D eigenvalue weighted by molar-refractivity contribution is 6.90. The van der Waals surface area contributed by atoms with Gasteiger partial charge < -0.3 is 13.8 Å². The second-order valence-electron chi connectivity index (χ2n) is 4.70. The second kappa shape index (κ2) is 7.02. The molecule has 1 saturated heterocycles. The van der Waals surface area contributed by atoms with Gasteiger partial charge in [-0.15, -0.1) is 0 Å². The van der Waals surface area contributed by atoms with Crippen molar-refractivity contribution in [1.82, 2.24) is 13.8 Å². The van der Waals surface area contributed by atoms with E-state index in [1.807, 2.05) is 0 Å². The molecule has 1 heterocycles. The molecule has 3 nitrogen and oxygen atoms in total. The summed E-state index contributed by atoms with van der Waals surface area (Å²) in [6.07, 6.45) is 2.46. The molecule has 1 aliphatic rings. The molecule has 0 aromatic rings. The summed E-state index contributed by atoms with van der Waals surface area (Å²) in [6.45, 7) is 18.0. The van der Waals surface area contributed by atoms with Crippen LogP contribution in [0, 0.1) is 0 Å². The molecular weight excluding hydrogens is 223 g/mol. The zero-order valence-corrected chi connectivity index (χ0v) is 13.4. The minimum atomic E-state index is 0.576. The highest BCUT2D eigenvalue weighted by Gasteiger charge is 2.46. The van der Waals surface area contributed by atoms with Crippen molar-refractivity contribution >= 4 is 30.6 Å². The summed E-state index contributed by atoms with van der Waals surface area (Å²) >= 11 is 0. The van der Waals surface area contributed by atoms with E-state index in [4.69, 9.17) is 0 Å². The Balaban J connectivity index is 2.99. The molecule has 94 valence electrons. The fourth-order valence-corrected chi connectivity index (χ4v) is 4.58. The lowest BCUT2D eigenvalue weighted by atomic mass is 9.44. The van der Waals surface area contributed by atoms with E-state index < -0.39 is 0 Å². The van der Waals surface area contributed by atoms with E-state index in [-0.39, 0.29) is 0 Å². The molecule has 0 spiro atoms. The largest absolute Gasteiger partial charge is 0.382 e. The van der Waals surface area contributed by atoms with Crippen molar-refractivity contribution < 1.29 is 0 Å². The average Bonchev–Trinajstić information content (AvgIpc) is 2.36. The highest BCUT2D eigenvalue weighted by Crippen LogP contribution is 2.22. The first kappa shape index (κ1) is 15.3. The van der Waals surface area contributed by atoms with Crippen molar-refractivity contribution in [3.8, 4) is 0 Å². The van der Waals surface area contributed by atoms with Crippen molar-refractivity contribution in [2.24, 2.45) is 0 Å². The van der Waals surface area contributed by atoms with Gasteiger partial charge in [-0.2, -0.15) is 0 Å². The first-order chi connectivity index (χ1) is 8.15. The molecule has 1 fully saturated rings. The van der Waals surface area contributed by atoms with Crippen LogP contribution in [-0.2, 0) is 0 Å². The van der Waals surface area contributed by atoms with Gasteiger partial charge in [0.25, 0.3) is 20.9 Å². The normalized spacial score (nSPS) is 20.5. The maximum Gasteiger partial charge on any atom is 0.286 e. The third-order valence-electron chi connectivity index (χ3n) is 4.09. The van der Waals surface area contributed by atoms with Crippen LogP contribution in [-0.4, -0.2) is 57.5 Å². The summed E-state index contributed by atoms with van der Waals surface area (Å²) in [5.41, 5.74) is 0. The fourth-order valence-electron chi connectivity index (χ4n) is 3.32. The van der Waals surface area contributed by atoms with Crippen LogP contribution in [0.5, 0.6) is 0 Å². The van der Waals surface area contributed by atoms with E-state index in [0.29, 0.717) is 20.9 Å². The number of hydrogen-bond acceptors (Lipinski definition) is 3. The van der Waals surface area contributed by atoms with E-state index in [1.54, 1.807) is 0 Å². The van der Waals surface area contributed by atoms with E-state index in [1.165, 1.54) is 12.6 Å². The van der Waals surface area contributed by atoms with Crippen LogP contribution in [0.3, 0.4) is 0 Å². The van der Waals surface area contributed by atoms with Crippen molar-refractivity contribution in [2.75, 3.05) is 13.1 Å². The molecule has 0 amide bonds. The predicted octanol–water partition coefficient (Wildman–Crippen LogP) is 1.75. The molecule has 0 aliphatic carbocycles. The van der Waals surface area contributed by atoms with E-state index in [0.717, 1.165) is 22.8 Å². The molecule has 7 heteroatoms. The van der Waals surface area contributed by atoms with Crippen LogP contribution in [0.1, 0.15) is 27.7 Å². The van der Waals surface area contributed by atoms with Gasteiger partial charge in [-0.25, -0.2) is 0 Å². The Morgan fingerprint density at radius 2 is 1.29 bits per heavy atom. The maximum atomic E-state index is 2.70. The third kappa shape index (κ3) is 2.83. The van der Waals surface area contributed by atoms with Gasteiger partial charge in [-0.1, -0.05) is 41.1 Å². The van der Waals surface area contributed by atoms with Gasteiger partial charge in [-0.05, 0) is 25.7 Å². The second-order valence-corrected chi connectivity index (χ2v) is 5.66. The molecule has 17 heavy (non-hydrogen) atoms. The summed E-state index contributed by atoms with van der Waals surface area (Å²) in [6, 6.07) is 0. The highest BCUT2D eigenvalue weighted by atomic mass is 28.2. The number of nitrogens with zero attached hydrogens (tertiary/aromatic N) is 3. The lowest BCUT2D eigenvalue weighted by Gasteiger charge is -2.53. The summed E-state index contributed by atoms with van der Waals surface area (Å²) in [7, 11) is 0.899. The van der Waals surface area contributed by atoms with Crippen LogP contribution < -0.4 is 0 Å². The van der Waals surface area contributed by atoms with E-state index in [9.17, 15) is 0 Å². The summed E-state index contributed by atoms with van der Waals surface area (Å²) in [5.74, 6) is 0. The standard InChI is InChI=1S/C10H26B3N3Si/c1-7-12-14(9-3)11(5)15(10-4)13(8-2)16(12)17-6/h7-10H2,1-6H3. The van der Waals surface area contributed by atoms with Gasteiger partial charge in [0.2, 0.25) is 0 Å². The van der Waals surface area contributed by atoms with E-state index in [2.05, 4.69) is 54.9 Å². The summed E-state index contributed by atoms with van der Waals surface area (Å²) < 4.78 is 7.99. The zero-order valence-electron chi connectivity index (χ0n) is 12.4. The Bertz CT molecular complexity index is 215. The van der Waals surface area contributed by atoms with Gasteiger partial charge in [-0.3, -0.25) is 0 Å². The Labute approximate surface area is 112 Å². The quantitative estimate of drug-likeness (QED) is 0.687. The monoisotopic (exact) mass is 249 g/mol. The van der Waals surface area contributed by atoms with Crippen LogP contribution in [0.4, 0.5) is 0 Å². The smallest absolute Gasteiger partial charge is 0.286 e. The SMILES string of the molecule is CCB1N(CC)B(C)N(CC)B(CC)N1[Si]C. The molecule has 0 aromatic carbocycles. The fraction of sp³-hybridized carbons (Fsp3) is 1.00. The Hall–Kier alpha value is 0.292. The van der Waals surface area contributed by atoms with Crippen molar-refractivity contribution in [3.63, 3.8) is 0 Å². The minimum absolute atomic E-state index is 0.576. The van der Waals surface area contributed by atoms with E-state index >= 15 is 0 Å². The molecule has 0 aromatic heterocycles. The molecule has 1 rings (SSSR count). The van der Waals surface area contributed by atoms with Crippen LogP contribution in [0.15, 0.2) is 0 Å². The molecule has 1 aliphatic heterocycles. The Morgan fingerprint density at radius 3 is 1.53 bits per heavy atom. The van der Waals surface area contributed by atoms with Gasteiger partial charge in [0.15, 0.2) is 0 Å². The average molecular weight is 249 g/mol. The molecule has 0 atom stereocenters. The van der Waals surface area contributed by atoms with Gasteiger partial charge in [0, 0.05) is 0 Å². The van der Waals surface area contributed by atoms with Crippen molar-refractivity contribution in [2.45, 2.75) is 53.7 Å². The first-order valence-corrected chi connectivity index (χ1v) is 8.57. The molecule has 0 N–H and O–H groups in total. The lowest BCUT2D eigenvalue weighted by molar-refractivity contribution is 0.505. The summed E-state index contributed by atoms with van der Waals surface area (Å²) in [5, 5.41) is 0. The Kier molecular flexibility index (Phi) is 6.34. The van der Waals surface area contributed by atoms with Gasteiger partial charge in [0.1, 0.15) is 9.68 Å². The Morgan fingerprint density at radius 1 is 0.882 bits per heavy atom. The maximum absolute atomic E-state index is 2.70. The summed E-state index contributed by atoms with van der Waals surface area (Å²) in [4.78, 5) is 0. The topological polar surface area (TPSA) is 9.72 Å². The molecule has 0 bridgehead atoms. The van der Waals surface area contributed by atoms with Crippen LogP contribution >= 0.6 is 0 Å². The van der Waals surface area contributed by atoms with Gasteiger partial charge >= 0.3 is 0 Å². The van der Waals surface area contributed by atoms with Crippen LogP contribution in [0.25, 0.3) is 0 Å². The van der Waals surface area contributed by atoms with Crippen molar-refractivity contribution in [3.05, 3.63) is 0 Å². The third-order valence-corrected chi connectivity index (χ3v) is 5.20.